The molecule has 0 amide bonds. The molecule has 12 aromatic rings. The molecule has 0 bridgehead atoms. The van der Waals surface area contributed by atoms with Crippen molar-refractivity contribution in [1.82, 2.24) is 9.97 Å². The van der Waals surface area contributed by atoms with Gasteiger partial charge in [-0.2, -0.15) is 0 Å². The summed E-state index contributed by atoms with van der Waals surface area (Å²) >= 11 is 1.90. The first kappa shape index (κ1) is 35.1. The quantitative estimate of drug-likeness (QED) is 0.166. The smallest absolute Gasteiger partial charge is 0.0979 e. The van der Waals surface area contributed by atoms with E-state index in [2.05, 4.69) is 200 Å². The van der Waals surface area contributed by atoms with E-state index in [9.17, 15) is 0 Å². The third kappa shape index (κ3) is 5.42. The number of nitrogens with zero attached hydrogens (tertiary/aromatic N) is 2. The summed E-state index contributed by atoms with van der Waals surface area (Å²) in [6, 6.07) is 73.4. The van der Waals surface area contributed by atoms with Gasteiger partial charge in [-0.15, -0.1) is 11.3 Å². The first-order valence-corrected chi connectivity index (χ1v) is 22.1. The minimum absolute atomic E-state index is 0.847. The van der Waals surface area contributed by atoms with Gasteiger partial charge in [-0.1, -0.05) is 194 Å². The number of thiophene rings is 1. The van der Waals surface area contributed by atoms with Crippen molar-refractivity contribution in [3.8, 4) is 66.9 Å². The summed E-state index contributed by atoms with van der Waals surface area (Å²) in [5.74, 6) is 0. The van der Waals surface area contributed by atoms with Gasteiger partial charge in [0.25, 0.3) is 0 Å². The van der Waals surface area contributed by atoms with Gasteiger partial charge in [0, 0.05) is 36.5 Å². The summed E-state index contributed by atoms with van der Waals surface area (Å²) in [6.07, 6.45) is 2.79. The molecule has 0 saturated heterocycles. The summed E-state index contributed by atoms with van der Waals surface area (Å²) in [7, 11) is 0. The van der Waals surface area contributed by atoms with E-state index >= 15 is 0 Å². The summed E-state index contributed by atoms with van der Waals surface area (Å²) < 4.78 is 2.60. The summed E-state index contributed by atoms with van der Waals surface area (Å²) in [5, 5.41) is 7.22. The van der Waals surface area contributed by atoms with Gasteiger partial charge in [0.05, 0.1) is 22.9 Å². The highest BCUT2D eigenvalue weighted by atomic mass is 32.1. The molecule has 2 heterocycles. The Labute approximate surface area is 363 Å². The van der Waals surface area contributed by atoms with Crippen LogP contribution in [0.2, 0.25) is 0 Å². The number of rotatable bonds is 3. The lowest BCUT2D eigenvalue weighted by Gasteiger charge is -2.15. The van der Waals surface area contributed by atoms with Crippen molar-refractivity contribution in [2.75, 3.05) is 0 Å². The fraction of sp³-hybridized carbons (Fsp3) is 0.0169. The molecule has 0 spiro atoms. The van der Waals surface area contributed by atoms with Gasteiger partial charge in [0.15, 0.2) is 0 Å². The van der Waals surface area contributed by atoms with Crippen LogP contribution in [0.25, 0.3) is 120 Å². The highest BCUT2D eigenvalue weighted by Crippen LogP contribution is 2.47. The van der Waals surface area contributed by atoms with Crippen molar-refractivity contribution in [1.29, 1.82) is 0 Å². The third-order valence-corrected chi connectivity index (χ3v) is 14.2. The van der Waals surface area contributed by atoms with Crippen LogP contribution in [0.1, 0.15) is 11.1 Å². The monoisotopic (exact) mass is 804 g/mol. The number of hydrogen-bond donors (Lipinski definition) is 0. The Morgan fingerprint density at radius 2 is 0.790 bits per heavy atom. The van der Waals surface area contributed by atoms with Crippen molar-refractivity contribution in [2.24, 2.45) is 0 Å². The highest BCUT2D eigenvalue weighted by Gasteiger charge is 2.21. The van der Waals surface area contributed by atoms with E-state index in [1.807, 2.05) is 17.5 Å². The molecule has 0 saturated carbocycles. The maximum atomic E-state index is 5.32. The van der Waals surface area contributed by atoms with Gasteiger partial charge >= 0.3 is 0 Å². The predicted octanol–water partition coefficient (Wildman–Crippen LogP) is 16.2. The van der Waals surface area contributed by atoms with Crippen molar-refractivity contribution in [3.05, 3.63) is 218 Å². The zero-order valence-corrected chi connectivity index (χ0v) is 34.5. The van der Waals surface area contributed by atoms with E-state index in [0.29, 0.717) is 0 Å². The molecule has 0 atom stereocenters. The van der Waals surface area contributed by atoms with Gasteiger partial charge in [0.1, 0.15) is 0 Å². The van der Waals surface area contributed by atoms with Crippen molar-refractivity contribution < 1.29 is 0 Å². The molecule has 1 aliphatic rings. The predicted molar refractivity (Wildman–Crippen MR) is 263 cm³/mol. The lowest BCUT2D eigenvalue weighted by Crippen LogP contribution is -1.95. The molecule has 10 aromatic carbocycles. The molecule has 13 rings (SSSR count). The number of fused-ring (bicyclic) bond motifs is 16. The fourth-order valence-corrected chi connectivity index (χ4v) is 11.5. The van der Waals surface area contributed by atoms with Crippen LogP contribution in [0.15, 0.2) is 206 Å². The molecular weight excluding hydrogens is 769 g/mol. The summed E-state index contributed by atoms with van der Waals surface area (Å²) in [6.45, 7) is 0. The zero-order chi connectivity index (χ0) is 40.7. The zero-order valence-electron chi connectivity index (χ0n) is 33.6. The Kier molecular flexibility index (Phi) is 7.88. The second-order valence-electron chi connectivity index (χ2n) is 16.4. The van der Waals surface area contributed by atoms with E-state index in [1.165, 1.54) is 97.7 Å². The van der Waals surface area contributed by atoms with Crippen LogP contribution in [0.3, 0.4) is 0 Å². The molecule has 0 fully saturated rings. The van der Waals surface area contributed by atoms with Gasteiger partial charge in [-0.3, -0.25) is 4.98 Å². The van der Waals surface area contributed by atoms with Crippen molar-refractivity contribution in [2.45, 2.75) is 6.42 Å². The molecule has 0 N–H and O–H groups in total. The Morgan fingerprint density at radius 3 is 1.45 bits per heavy atom. The highest BCUT2D eigenvalue weighted by molar-refractivity contribution is 7.26. The van der Waals surface area contributed by atoms with E-state index in [0.717, 1.165) is 39.5 Å². The van der Waals surface area contributed by atoms with Gasteiger partial charge < -0.3 is 0 Å². The Balaban J connectivity index is 0.941. The Morgan fingerprint density at radius 1 is 0.323 bits per heavy atom. The lowest BCUT2D eigenvalue weighted by atomic mass is 9.88. The maximum absolute atomic E-state index is 5.32. The minimum atomic E-state index is 0.847. The third-order valence-electron chi connectivity index (χ3n) is 13.0. The Hall–Kier alpha value is -7.72. The first-order valence-electron chi connectivity index (χ1n) is 21.3. The molecule has 1 aliphatic carbocycles. The number of aromatic nitrogens is 2. The van der Waals surface area contributed by atoms with Gasteiger partial charge in [-0.25, -0.2) is 4.98 Å². The molecule has 2 nitrogen and oxygen atoms in total. The van der Waals surface area contributed by atoms with Crippen LogP contribution < -0.4 is 0 Å². The Bertz CT molecular complexity index is 3760. The first-order chi connectivity index (χ1) is 30.7. The molecule has 62 heavy (non-hydrogen) atoms. The molecule has 0 unspecified atom stereocenters. The van der Waals surface area contributed by atoms with Crippen LogP contribution in [-0.2, 0) is 6.42 Å². The standard InChI is InChI=1S/C59H36N2S/c1-2-17-41-36(14-1)33-40-34-38(30-31-42(40)46-19-4-6-21-48(46)47-20-5-3-18-45(41)47)44-27-13-29-54-53-28-12-26-43(58(53)62-59(44)54)37-15-11-16-39(32-37)55-35-60-56-51-24-9-7-22-49(51)50-23-8-10-25-52(50)57(56)61-55/h1-32,34-35H,33H2. The molecule has 0 radical (unpaired) electrons. The van der Waals surface area contributed by atoms with Gasteiger partial charge in [-0.05, 0) is 90.0 Å². The van der Waals surface area contributed by atoms with Crippen LogP contribution in [0.4, 0.5) is 0 Å². The molecule has 2 aromatic heterocycles. The van der Waals surface area contributed by atoms with Crippen LogP contribution in [0, 0.1) is 0 Å². The van der Waals surface area contributed by atoms with Crippen molar-refractivity contribution in [3.63, 3.8) is 0 Å². The van der Waals surface area contributed by atoms with E-state index in [1.54, 1.807) is 0 Å². The van der Waals surface area contributed by atoms with E-state index in [-0.39, 0.29) is 0 Å². The van der Waals surface area contributed by atoms with Crippen LogP contribution >= 0.6 is 11.3 Å². The SMILES string of the molecule is c1cc(-c2cnc3c4ccccc4c4ccccc4c3n2)cc(-c2cccc3c2sc2c(-c4ccc5c(c4)Cc4ccccc4-c4ccccc4-c4ccccc4-5)cccc23)c1. The molecular formula is C59H36N2S. The normalized spacial score (nSPS) is 12.1. The summed E-state index contributed by atoms with van der Waals surface area (Å²) in [5.41, 5.74) is 19.1. The van der Waals surface area contributed by atoms with E-state index < -0.39 is 0 Å². The van der Waals surface area contributed by atoms with Crippen LogP contribution in [-0.4, -0.2) is 9.97 Å². The average molecular weight is 805 g/mol. The maximum Gasteiger partial charge on any atom is 0.0979 e. The van der Waals surface area contributed by atoms with E-state index in [4.69, 9.17) is 9.97 Å². The second kappa shape index (κ2) is 13.9. The lowest BCUT2D eigenvalue weighted by molar-refractivity contribution is 1.20. The number of benzene rings is 10. The van der Waals surface area contributed by atoms with Gasteiger partial charge in [0.2, 0.25) is 0 Å². The number of hydrogen-bond acceptors (Lipinski definition) is 3. The average Bonchev–Trinajstić information content (AvgIpc) is 3.75. The summed E-state index contributed by atoms with van der Waals surface area (Å²) in [4.78, 5) is 10.4. The minimum Gasteiger partial charge on any atom is -0.252 e. The fourth-order valence-electron chi connectivity index (χ4n) is 10.1. The molecule has 3 heteroatoms. The largest absolute Gasteiger partial charge is 0.252 e. The molecule has 288 valence electrons. The van der Waals surface area contributed by atoms with Crippen molar-refractivity contribution >= 4 is 64.1 Å². The molecule has 0 aliphatic heterocycles. The second-order valence-corrected chi connectivity index (χ2v) is 17.4. The topological polar surface area (TPSA) is 25.8 Å². The van der Waals surface area contributed by atoms with Crippen LogP contribution in [0.5, 0.6) is 0 Å².